The van der Waals surface area contributed by atoms with Crippen molar-refractivity contribution in [2.24, 2.45) is 0 Å². The molecule has 0 aromatic heterocycles. The van der Waals surface area contributed by atoms with E-state index in [1.165, 1.54) is 0 Å². The Hall–Kier alpha value is -0.420. The van der Waals surface area contributed by atoms with Crippen molar-refractivity contribution in [3.05, 3.63) is 0 Å². The van der Waals surface area contributed by atoms with Crippen molar-refractivity contribution in [2.45, 2.75) is 30.9 Å². The molecule has 0 radical (unpaired) electrons. The van der Waals surface area contributed by atoms with E-state index in [-0.39, 0.29) is 12.4 Å². The van der Waals surface area contributed by atoms with Crippen LogP contribution in [0.3, 0.4) is 0 Å². The molecule has 0 heterocycles. The summed E-state index contributed by atoms with van der Waals surface area (Å²) in [6, 6.07) is 0. The van der Waals surface area contributed by atoms with Crippen LogP contribution in [0.5, 0.6) is 0 Å². The molecule has 1 N–H and O–H groups in total. The molecule has 0 aliphatic heterocycles. The van der Waals surface area contributed by atoms with Crippen molar-refractivity contribution in [1.29, 1.82) is 0 Å². The molecule has 1 atom stereocenters. The van der Waals surface area contributed by atoms with Crippen LogP contribution in [0.2, 0.25) is 0 Å². The van der Waals surface area contributed by atoms with Gasteiger partial charge in [-0.2, -0.15) is 0 Å². The van der Waals surface area contributed by atoms with Crippen LogP contribution in [0.1, 0.15) is 26.2 Å². The second-order valence-corrected chi connectivity index (χ2v) is 4.28. The van der Waals surface area contributed by atoms with Gasteiger partial charge >= 0.3 is 5.97 Å². The number of esters is 1. The van der Waals surface area contributed by atoms with Gasteiger partial charge in [-0.1, -0.05) is 0 Å². The third-order valence-electron chi connectivity index (χ3n) is 1.95. The van der Waals surface area contributed by atoms with Gasteiger partial charge in [0.15, 0.2) is 11.1 Å². The van der Waals surface area contributed by atoms with Crippen molar-refractivity contribution in [3.8, 4) is 0 Å². The molecule has 0 aromatic rings. The van der Waals surface area contributed by atoms with Gasteiger partial charge in [-0.3, -0.25) is 4.79 Å². The first-order valence-corrected chi connectivity index (χ1v) is 4.98. The van der Waals surface area contributed by atoms with Crippen LogP contribution in [-0.2, 0) is 20.6 Å². The topological polar surface area (TPSA) is 63.6 Å². The molecule has 70 valence electrons. The molecular weight excluding hydrogens is 180 g/mol. The highest BCUT2D eigenvalue weighted by Gasteiger charge is 2.50. The van der Waals surface area contributed by atoms with E-state index >= 15 is 0 Å². The van der Waals surface area contributed by atoms with Gasteiger partial charge in [-0.25, -0.2) is 4.21 Å². The summed E-state index contributed by atoms with van der Waals surface area (Å²) in [5.74, 6) is -0.377. The first-order chi connectivity index (χ1) is 5.60. The van der Waals surface area contributed by atoms with E-state index in [9.17, 15) is 9.00 Å². The number of hydrogen-bond acceptors (Lipinski definition) is 3. The largest absolute Gasteiger partial charge is 0.466 e. The number of hydrogen-bond donors (Lipinski definition) is 1. The van der Waals surface area contributed by atoms with E-state index in [1.807, 2.05) is 0 Å². The molecule has 1 aliphatic carbocycles. The molecule has 1 unspecified atom stereocenters. The van der Waals surface area contributed by atoms with Crippen molar-refractivity contribution in [2.75, 3.05) is 6.61 Å². The van der Waals surface area contributed by atoms with Crippen molar-refractivity contribution >= 4 is 17.0 Å². The Morgan fingerprint density at radius 3 is 2.58 bits per heavy atom. The molecule has 12 heavy (non-hydrogen) atoms. The minimum absolute atomic E-state index is 0.0734. The van der Waals surface area contributed by atoms with Gasteiger partial charge in [0.1, 0.15) is 0 Å². The predicted molar refractivity (Wildman–Crippen MR) is 44.0 cm³/mol. The molecule has 1 saturated carbocycles. The molecule has 0 bridgehead atoms. The minimum atomic E-state index is -1.89. The summed E-state index contributed by atoms with van der Waals surface area (Å²) in [7, 11) is 0. The summed E-state index contributed by atoms with van der Waals surface area (Å²) < 4.78 is 23.6. The average Bonchev–Trinajstić information content (AvgIpc) is 2.69. The highest BCUT2D eigenvalue weighted by molar-refractivity contribution is 7.81. The smallest absolute Gasteiger partial charge is 0.307 e. The van der Waals surface area contributed by atoms with Gasteiger partial charge < -0.3 is 9.29 Å². The predicted octanol–water partition coefficient (Wildman–Crippen LogP) is 0.694. The Morgan fingerprint density at radius 1 is 1.67 bits per heavy atom. The van der Waals surface area contributed by atoms with E-state index in [4.69, 9.17) is 4.55 Å². The second-order valence-electron chi connectivity index (χ2n) is 2.91. The van der Waals surface area contributed by atoms with E-state index in [0.717, 1.165) is 0 Å². The van der Waals surface area contributed by atoms with Crippen molar-refractivity contribution < 1.29 is 18.3 Å². The fraction of sp³-hybridized carbons (Fsp3) is 0.857. The third-order valence-corrected chi connectivity index (χ3v) is 3.24. The first-order valence-electron chi connectivity index (χ1n) is 3.87. The van der Waals surface area contributed by atoms with E-state index < -0.39 is 15.8 Å². The fourth-order valence-corrected chi connectivity index (χ4v) is 1.72. The Kier molecular flexibility index (Phi) is 2.85. The van der Waals surface area contributed by atoms with Gasteiger partial charge in [-0.15, -0.1) is 0 Å². The number of ether oxygens (including phenoxy) is 1. The van der Waals surface area contributed by atoms with E-state index in [1.54, 1.807) is 6.92 Å². The number of carbonyl (C=O) groups is 1. The highest BCUT2D eigenvalue weighted by atomic mass is 32.2. The molecule has 1 fully saturated rings. The van der Waals surface area contributed by atoms with Crippen LogP contribution in [0, 0.1) is 0 Å². The Morgan fingerprint density at radius 2 is 2.25 bits per heavy atom. The quantitative estimate of drug-likeness (QED) is 0.526. The standard InChI is InChI=1S/C7H12O4S/c1-2-11-6(8)5-7(3-4-7)12(9)10/h2-5H2,1H3,(H,9,10). The first kappa shape index (κ1) is 9.67. The zero-order chi connectivity index (χ0) is 9.19. The van der Waals surface area contributed by atoms with Crippen LogP contribution < -0.4 is 0 Å². The second kappa shape index (κ2) is 3.53. The van der Waals surface area contributed by atoms with Crippen LogP contribution in [0.4, 0.5) is 0 Å². The summed E-state index contributed by atoms with van der Waals surface area (Å²) in [6.07, 6.45) is 1.37. The minimum Gasteiger partial charge on any atom is -0.466 e. The molecule has 5 heteroatoms. The maximum absolute atomic E-state index is 10.9. The lowest BCUT2D eigenvalue weighted by Crippen LogP contribution is -2.22. The molecule has 0 spiro atoms. The third kappa shape index (κ3) is 2.04. The van der Waals surface area contributed by atoms with Gasteiger partial charge in [0.05, 0.1) is 17.8 Å². The van der Waals surface area contributed by atoms with Gasteiger partial charge in [0.2, 0.25) is 0 Å². The maximum Gasteiger partial charge on any atom is 0.307 e. The lowest BCUT2D eigenvalue weighted by atomic mass is 10.3. The van der Waals surface area contributed by atoms with Crippen LogP contribution >= 0.6 is 0 Å². The van der Waals surface area contributed by atoms with Crippen molar-refractivity contribution in [1.82, 2.24) is 0 Å². The Bertz CT molecular complexity index is 209. The maximum atomic E-state index is 10.9. The van der Waals surface area contributed by atoms with Crippen molar-refractivity contribution in [3.63, 3.8) is 0 Å². The average molecular weight is 192 g/mol. The monoisotopic (exact) mass is 192 g/mol. The SMILES string of the molecule is CCOC(=O)CC1(S(=O)O)CC1. The Balaban J connectivity index is 2.40. The molecular formula is C7H12O4S. The summed E-state index contributed by atoms with van der Waals surface area (Å²) in [6.45, 7) is 2.04. The normalized spacial score (nSPS) is 21.5. The number of rotatable bonds is 4. The molecule has 0 amide bonds. The zero-order valence-electron chi connectivity index (χ0n) is 6.91. The molecule has 0 saturated heterocycles. The van der Waals surface area contributed by atoms with Crippen LogP contribution in [-0.4, -0.2) is 26.1 Å². The van der Waals surface area contributed by atoms with Gasteiger partial charge in [0, 0.05) is 0 Å². The van der Waals surface area contributed by atoms with Gasteiger partial charge in [-0.05, 0) is 19.8 Å². The van der Waals surface area contributed by atoms with Gasteiger partial charge in [0.25, 0.3) is 0 Å². The molecule has 0 aromatic carbocycles. The lowest BCUT2D eigenvalue weighted by Gasteiger charge is -2.08. The lowest BCUT2D eigenvalue weighted by molar-refractivity contribution is -0.143. The molecule has 1 aliphatic rings. The molecule has 4 nitrogen and oxygen atoms in total. The molecule has 1 rings (SSSR count). The van der Waals surface area contributed by atoms with Crippen LogP contribution in [0.15, 0.2) is 0 Å². The van der Waals surface area contributed by atoms with E-state index in [0.29, 0.717) is 19.4 Å². The number of carbonyl (C=O) groups excluding carboxylic acids is 1. The summed E-state index contributed by atoms with van der Waals surface area (Å²) in [4.78, 5) is 10.9. The zero-order valence-corrected chi connectivity index (χ0v) is 7.73. The summed E-state index contributed by atoms with van der Waals surface area (Å²) >= 11 is -1.89. The van der Waals surface area contributed by atoms with Crippen LogP contribution in [0.25, 0.3) is 0 Å². The fourth-order valence-electron chi connectivity index (χ4n) is 1.03. The summed E-state index contributed by atoms with van der Waals surface area (Å²) in [5, 5.41) is 0. The Labute approximate surface area is 73.6 Å². The highest BCUT2D eigenvalue weighted by Crippen LogP contribution is 2.44. The summed E-state index contributed by atoms with van der Waals surface area (Å²) in [5.41, 5.74) is 0. The van der Waals surface area contributed by atoms with E-state index in [2.05, 4.69) is 4.74 Å².